The number of piperidine rings is 1. The Labute approximate surface area is 141 Å². The van der Waals surface area contributed by atoms with E-state index in [1.165, 1.54) is 10.6 Å². The topological polar surface area (TPSA) is 92.7 Å². The van der Waals surface area contributed by atoms with Crippen molar-refractivity contribution in [1.29, 1.82) is 0 Å². The summed E-state index contributed by atoms with van der Waals surface area (Å²) in [6, 6.07) is 1.71. The molecule has 2 saturated heterocycles. The predicted molar refractivity (Wildman–Crippen MR) is 88.4 cm³/mol. The number of amides is 1. The number of sulfonamides is 1. The summed E-state index contributed by atoms with van der Waals surface area (Å²) in [5.41, 5.74) is 0.785. The lowest BCUT2D eigenvalue weighted by molar-refractivity contribution is 0.179. The van der Waals surface area contributed by atoms with Crippen molar-refractivity contribution < 1.29 is 17.9 Å². The average molecular weight is 354 g/mol. The maximum atomic E-state index is 11.9. The second-order valence-electron chi connectivity index (χ2n) is 6.46. The van der Waals surface area contributed by atoms with Gasteiger partial charge in [-0.3, -0.25) is 4.90 Å². The van der Waals surface area contributed by atoms with Gasteiger partial charge in [0.05, 0.1) is 12.3 Å². The normalized spacial score (nSPS) is 23.5. The molecule has 0 aliphatic carbocycles. The Morgan fingerprint density at radius 1 is 1.25 bits per heavy atom. The standard InChI is InChI=1S/C15H22N4O4S/c1-10-8-13(19-11(2)9-23-15(19)20)17-14(16-10)12-4-6-18(7-5-12)24(3,21)22/h8,11-12H,4-7,9H2,1-3H3/t11-/m0/s1. The highest BCUT2D eigenvalue weighted by Gasteiger charge is 2.33. The summed E-state index contributed by atoms with van der Waals surface area (Å²) < 4.78 is 29.8. The lowest BCUT2D eigenvalue weighted by Crippen LogP contribution is -2.37. The number of carbonyl (C=O) groups excluding carboxylic acids is 1. The smallest absolute Gasteiger partial charge is 0.415 e. The first-order valence-electron chi connectivity index (χ1n) is 8.02. The van der Waals surface area contributed by atoms with Crippen LogP contribution in [0.3, 0.4) is 0 Å². The summed E-state index contributed by atoms with van der Waals surface area (Å²) in [6.07, 6.45) is 2.19. The Balaban J connectivity index is 1.81. The van der Waals surface area contributed by atoms with Gasteiger partial charge in [-0.05, 0) is 26.7 Å². The van der Waals surface area contributed by atoms with Gasteiger partial charge in [-0.15, -0.1) is 0 Å². The van der Waals surface area contributed by atoms with Crippen molar-refractivity contribution >= 4 is 21.9 Å². The third-order valence-corrected chi connectivity index (χ3v) is 5.78. The van der Waals surface area contributed by atoms with Crippen LogP contribution in [0.25, 0.3) is 0 Å². The van der Waals surface area contributed by atoms with Crippen molar-refractivity contribution in [2.45, 2.75) is 38.6 Å². The molecule has 0 unspecified atom stereocenters. The monoisotopic (exact) mass is 354 g/mol. The molecular weight excluding hydrogens is 332 g/mol. The molecule has 1 atom stereocenters. The van der Waals surface area contributed by atoms with Crippen LogP contribution in [0.5, 0.6) is 0 Å². The van der Waals surface area contributed by atoms with Crippen molar-refractivity contribution in [1.82, 2.24) is 14.3 Å². The minimum Gasteiger partial charge on any atom is -0.447 e. The molecule has 2 fully saturated rings. The minimum atomic E-state index is -3.15. The minimum absolute atomic E-state index is 0.0632. The Kier molecular flexibility index (Phi) is 4.48. The molecule has 2 aliphatic rings. The van der Waals surface area contributed by atoms with Gasteiger partial charge in [0.2, 0.25) is 10.0 Å². The van der Waals surface area contributed by atoms with Gasteiger partial charge in [-0.1, -0.05) is 0 Å². The van der Waals surface area contributed by atoms with Crippen LogP contribution in [-0.2, 0) is 14.8 Å². The first-order chi connectivity index (χ1) is 11.3. The molecule has 0 saturated carbocycles. The SMILES string of the molecule is Cc1cc(N2C(=O)OC[C@@H]2C)nc(C2CCN(S(C)(=O)=O)CC2)n1. The van der Waals surface area contributed by atoms with E-state index >= 15 is 0 Å². The van der Waals surface area contributed by atoms with Crippen LogP contribution < -0.4 is 4.90 Å². The zero-order valence-electron chi connectivity index (χ0n) is 14.1. The number of nitrogens with zero attached hydrogens (tertiary/aromatic N) is 4. The zero-order chi connectivity index (χ0) is 17.5. The third-order valence-electron chi connectivity index (χ3n) is 4.48. The first kappa shape index (κ1) is 17.1. The fourth-order valence-corrected chi connectivity index (χ4v) is 4.04. The number of ether oxygens (including phenoxy) is 1. The number of anilines is 1. The largest absolute Gasteiger partial charge is 0.447 e. The molecule has 24 heavy (non-hydrogen) atoms. The van der Waals surface area contributed by atoms with Crippen molar-refractivity contribution in [3.63, 3.8) is 0 Å². The van der Waals surface area contributed by atoms with Gasteiger partial charge in [-0.25, -0.2) is 27.5 Å². The second kappa shape index (κ2) is 6.29. The number of hydrogen-bond donors (Lipinski definition) is 0. The van der Waals surface area contributed by atoms with Gasteiger partial charge in [0.1, 0.15) is 18.2 Å². The van der Waals surface area contributed by atoms with E-state index in [1.807, 2.05) is 13.8 Å². The summed E-state index contributed by atoms with van der Waals surface area (Å²) in [4.78, 5) is 22.5. The molecule has 0 radical (unpaired) electrons. The Morgan fingerprint density at radius 2 is 1.92 bits per heavy atom. The lowest BCUT2D eigenvalue weighted by Gasteiger charge is -2.30. The maximum Gasteiger partial charge on any atom is 0.415 e. The molecule has 0 N–H and O–H groups in total. The van der Waals surface area contributed by atoms with Crippen LogP contribution in [0.15, 0.2) is 6.07 Å². The van der Waals surface area contributed by atoms with E-state index in [0.29, 0.717) is 44.2 Å². The molecule has 1 amide bonds. The van der Waals surface area contributed by atoms with Gasteiger partial charge in [0, 0.05) is 30.8 Å². The first-order valence-corrected chi connectivity index (χ1v) is 9.87. The Morgan fingerprint density at radius 3 is 2.46 bits per heavy atom. The molecule has 8 nitrogen and oxygen atoms in total. The number of rotatable bonds is 3. The van der Waals surface area contributed by atoms with Crippen molar-refractivity contribution in [2.24, 2.45) is 0 Å². The molecule has 1 aromatic heterocycles. The number of hydrogen-bond acceptors (Lipinski definition) is 6. The quantitative estimate of drug-likeness (QED) is 0.811. The van der Waals surface area contributed by atoms with Crippen LogP contribution >= 0.6 is 0 Å². The molecular formula is C15H22N4O4S. The Bertz CT molecular complexity index is 744. The molecule has 3 heterocycles. The summed E-state index contributed by atoms with van der Waals surface area (Å²) >= 11 is 0. The molecule has 1 aromatic rings. The maximum absolute atomic E-state index is 11.9. The Hall–Kier alpha value is -1.74. The highest BCUT2D eigenvalue weighted by atomic mass is 32.2. The summed E-state index contributed by atoms with van der Waals surface area (Å²) in [5.74, 6) is 1.32. The van der Waals surface area contributed by atoms with E-state index in [4.69, 9.17) is 4.74 Å². The molecule has 0 bridgehead atoms. The molecule has 3 rings (SSSR count). The highest BCUT2D eigenvalue weighted by molar-refractivity contribution is 7.88. The van der Waals surface area contributed by atoms with Crippen LogP contribution in [0.2, 0.25) is 0 Å². The van der Waals surface area contributed by atoms with Gasteiger partial charge in [0.15, 0.2) is 0 Å². The van der Waals surface area contributed by atoms with E-state index in [1.54, 1.807) is 11.0 Å². The van der Waals surface area contributed by atoms with Crippen LogP contribution in [0, 0.1) is 6.92 Å². The van der Waals surface area contributed by atoms with Gasteiger partial charge in [-0.2, -0.15) is 0 Å². The van der Waals surface area contributed by atoms with Gasteiger partial charge >= 0.3 is 6.09 Å². The zero-order valence-corrected chi connectivity index (χ0v) is 14.9. The molecule has 0 aromatic carbocycles. The number of cyclic esters (lactones) is 1. The van der Waals surface area contributed by atoms with Crippen molar-refractivity contribution in [3.8, 4) is 0 Å². The number of carbonyl (C=O) groups is 1. The van der Waals surface area contributed by atoms with E-state index in [-0.39, 0.29) is 12.0 Å². The van der Waals surface area contributed by atoms with Crippen molar-refractivity contribution in [3.05, 3.63) is 17.6 Å². The molecule has 9 heteroatoms. The summed E-state index contributed by atoms with van der Waals surface area (Å²) in [5, 5.41) is 0. The van der Waals surface area contributed by atoms with E-state index in [2.05, 4.69) is 9.97 Å². The summed E-state index contributed by atoms with van der Waals surface area (Å²) in [7, 11) is -3.15. The molecule has 0 spiro atoms. The highest BCUT2D eigenvalue weighted by Crippen LogP contribution is 2.29. The fourth-order valence-electron chi connectivity index (χ4n) is 3.16. The van der Waals surface area contributed by atoms with E-state index in [0.717, 1.165) is 5.69 Å². The van der Waals surface area contributed by atoms with Gasteiger partial charge in [0.25, 0.3) is 0 Å². The molecule has 132 valence electrons. The van der Waals surface area contributed by atoms with Gasteiger partial charge < -0.3 is 4.74 Å². The lowest BCUT2D eigenvalue weighted by atomic mass is 9.97. The van der Waals surface area contributed by atoms with E-state index < -0.39 is 16.1 Å². The number of aromatic nitrogens is 2. The van der Waals surface area contributed by atoms with Crippen LogP contribution in [0.4, 0.5) is 10.6 Å². The van der Waals surface area contributed by atoms with Crippen LogP contribution in [0.1, 0.15) is 37.2 Å². The predicted octanol–water partition coefficient (Wildman–Crippen LogP) is 1.27. The fraction of sp³-hybridized carbons (Fsp3) is 0.667. The molecule has 2 aliphatic heterocycles. The van der Waals surface area contributed by atoms with Crippen LogP contribution in [-0.4, -0.2) is 60.8 Å². The van der Waals surface area contributed by atoms with Crippen molar-refractivity contribution in [2.75, 3.05) is 30.9 Å². The average Bonchev–Trinajstić information content (AvgIpc) is 2.85. The van der Waals surface area contributed by atoms with E-state index in [9.17, 15) is 13.2 Å². The number of aryl methyl sites for hydroxylation is 1. The second-order valence-corrected chi connectivity index (χ2v) is 8.44. The third kappa shape index (κ3) is 3.36. The summed E-state index contributed by atoms with van der Waals surface area (Å²) in [6.45, 7) is 5.07.